The fraction of sp³-hybridized carbons (Fsp3) is 0.423. The predicted octanol–water partition coefficient (Wildman–Crippen LogP) is 4.69. The molecule has 1 amide bonds. The Bertz CT molecular complexity index is 1200. The zero-order valence-electron chi connectivity index (χ0n) is 19.4. The molecule has 2 aromatic carbocycles. The van der Waals surface area contributed by atoms with E-state index in [0.29, 0.717) is 23.1 Å². The van der Waals surface area contributed by atoms with E-state index in [1.807, 2.05) is 43.3 Å². The van der Waals surface area contributed by atoms with Crippen LogP contribution in [0.3, 0.4) is 0 Å². The van der Waals surface area contributed by atoms with Crippen LogP contribution in [-0.2, 0) is 0 Å². The molecule has 2 aliphatic carbocycles. The SMILES string of the molecule is Cc1cc(C(=O)N[C@@H]2CC23CCC(Nc2nc(N(C)C)c4ccccc4n2)CC3)ccc1F. The molecule has 7 heteroatoms. The largest absolute Gasteiger partial charge is 0.362 e. The van der Waals surface area contributed by atoms with E-state index >= 15 is 0 Å². The highest BCUT2D eigenvalue weighted by atomic mass is 19.1. The van der Waals surface area contributed by atoms with Gasteiger partial charge in [-0.2, -0.15) is 4.98 Å². The van der Waals surface area contributed by atoms with Gasteiger partial charge < -0.3 is 15.5 Å². The molecule has 33 heavy (non-hydrogen) atoms. The maximum absolute atomic E-state index is 13.5. The number of amides is 1. The predicted molar refractivity (Wildman–Crippen MR) is 129 cm³/mol. The highest BCUT2D eigenvalue weighted by molar-refractivity contribution is 5.95. The second-order valence-electron chi connectivity index (χ2n) is 9.76. The standard InChI is InChI=1S/C26H30FN5O/c1-16-14-17(8-9-20(16)27)24(33)30-22-15-26(22)12-10-18(11-13-26)28-25-29-21-7-5-4-6-19(21)23(31-25)32(2)3/h4-9,14,18,22H,10-13,15H2,1-3H3,(H,30,33)(H,28,29,31)/t18?,22-,26?/m1/s1. The molecule has 0 radical (unpaired) electrons. The van der Waals surface area contributed by atoms with Gasteiger partial charge in [-0.25, -0.2) is 9.37 Å². The zero-order valence-corrected chi connectivity index (χ0v) is 19.4. The number of para-hydroxylation sites is 1. The second-order valence-corrected chi connectivity index (χ2v) is 9.76. The number of fused-ring (bicyclic) bond motifs is 1. The Kier molecular flexibility index (Phi) is 5.43. The highest BCUT2D eigenvalue weighted by Crippen LogP contribution is 2.56. The van der Waals surface area contributed by atoms with E-state index in [1.54, 1.807) is 19.1 Å². The number of nitrogens with one attached hydrogen (secondary N) is 2. The Morgan fingerprint density at radius 2 is 1.88 bits per heavy atom. The molecule has 1 spiro atoms. The minimum Gasteiger partial charge on any atom is -0.362 e. The lowest BCUT2D eigenvalue weighted by atomic mass is 9.83. The van der Waals surface area contributed by atoms with Gasteiger partial charge in [0.1, 0.15) is 11.6 Å². The first-order valence-corrected chi connectivity index (χ1v) is 11.6. The van der Waals surface area contributed by atoms with Crippen molar-refractivity contribution in [3.05, 3.63) is 59.4 Å². The molecule has 2 saturated carbocycles. The van der Waals surface area contributed by atoms with Gasteiger partial charge >= 0.3 is 0 Å². The van der Waals surface area contributed by atoms with Crippen molar-refractivity contribution in [3.8, 4) is 0 Å². The van der Waals surface area contributed by atoms with Gasteiger partial charge in [0.25, 0.3) is 5.91 Å². The van der Waals surface area contributed by atoms with E-state index < -0.39 is 0 Å². The third kappa shape index (κ3) is 4.24. The molecule has 1 aromatic heterocycles. The molecular formula is C26H30FN5O. The van der Waals surface area contributed by atoms with Crippen LogP contribution < -0.4 is 15.5 Å². The van der Waals surface area contributed by atoms with Crippen molar-refractivity contribution in [3.63, 3.8) is 0 Å². The summed E-state index contributed by atoms with van der Waals surface area (Å²) in [6.45, 7) is 1.68. The van der Waals surface area contributed by atoms with Gasteiger partial charge in [0.15, 0.2) is 0 Å². The topological polar surface area (TPSA) is 70.2 Å². The molecule has 1 heterocycles. The first kappa shape index (κ1) is 21.6. The summed E-state index contributed by atoms with van der Waals surface area (Å²) in [5.41, 5.74) is 2.15. The highest BCUT2D eigenvalue weighted by Gasteiger charge is 2.55. The molecular weight excluding hydrogens is 417 g/mol. The molecule has 2 aliphatic rings. The van der Waals surface area contributed by atoms with E-state index in [4.69, 9.17) is 9.97 Å². The maximum Gasteiger partial charge on any atom is 0.251 e. The number of benzene rings is 2. The Balaban J connectivity index is 1.20. The Hall–Kier alpha value is -3.22. The number of rotatable bonds is 5. The van der Waals surface area contributed by atoms with E-state index in [1.165, 1.54) is 6.07 Å². The quantitative estimate of drug-likeness (QED) is 0.594. The van der Waals surface area contributed by atoms with Crippen molar-refractivity contribution in [2.24, 2.45) is 5.41 Å². The number of nitrogens with zero attached hydrogens (tertiary/aromatic N) is 3. The normalized spacial score (nSPS) is 24.0. The van der Waals surface area contributed by atoms with Crippen molar-refractivity contribution in [1.82, 2.24) is 15.3 Å². The number of hydrogen-bond acceptors (Lipinski definition) is 5. The fourth-order valence-corrected chi connectivity index (χ4v) is 5.12. The first-order chi connectivity index (χ1) is 15.8. The van der Waals surface area contributed by atoms with Crippen LogP contribution in [0.5, 0.6) is 0 Å². The van der Waals surface area contributed by atoms with E-state index in [2.05, 4.69) is 10.6 Å². The van der Waals surface area contributed by atoms with Crippen molar-refractivity contribution < 1.29 is 9.18 Å². The second kappa shape index (κ2) is 8.28. The molecule has 0 unspecified atom stereocenters. The summed E-state index contributed by atoms with van der Waals surface area (Å²) in [7, 11) is 4.00. The van der Waals surface area contributed by atoms with E-state index in [0.717, 1.165) is 48.8 Å². The smallest absolute Gasteiger partial charge is 0.251 e. The van der Waals surface area contributed by atoms with Crippen LogP contribution in [0.1, 0.15) is 48.0 Å². The molecule has 0 saturated heterocycles. The molecule has 6 nitrogen and oxygen atoms in total. The van der Waals surface area contributed by atoms with Gasteiger partial charge in [0, 0.05) is 37.1 Å². The Morgan fingerprint density at radius 3 is 2.61 bits per heavy atom. The number of carbonyl (C=O) groups excluding carboxylic acids is 1. The van der Waals surface area contributed by atoms with Crippen LogP contribution in [0.4, 0.5) is 16.2 Å². The number of hydrogen-bond donors (Lipinski definition) is 2. The monoisotopic (exact) mass is 447 g/mol. The average molecular weight is 448 g/mol. The molecule has 2 fully saturated rings. The third-order valence-corrected chi connectivity index (χ3v) is 7.24. The molecule has 0 bridgehead atoms. The molecule has 5 rings (SSSR count). The lowest BCUT2D eigenvalue weighted by molar-refractivity contribution is 0.0941. The van der Waals surface area contributed by atoms with Crippen LogP contribution in [0.2, 0.25) is 0 Å². The average Bonchev–Trinajstić information content (AvgIpc) is 3.47. The lowest BCUT2D eigenvalue weighted by Gasteiger charge is -2.30. The summed E-state index contributed by atoms with van der Waals surface area (Å²) in [6.07, 6.45) is 5.19. The molecule has 172 valence electrons. The van der Waals surface area contributed by atoms with Crippen molar-refractivity contribution >= 4 is 28.6 Å². The van der Waals surface area contributed by atoms with E-state index in [-0.39, 0.29) is 23.2 Å². The summed E-state index contributed by atoms with van der Waals surface area (Å²) in [6, 6.07) is 13.1. The Labute approximate surface area is 193 Å². The number of carbonyl (C=O) groups is 1. The van der Waals surface area contributed by atoms with Gasteiger partial charge in [-0.1, -0.05) is 12.1 Å². The number of aryl methyl sites for hydroxylation is 1. The fourth-order valence-electron chi connectivity index (χ4n) is 5.12. The zero-order chi connectivity index (χ0) is 23.2. The molecule has 3 aromatic rings. The van der Waals surface area contributed by atoms with Gasteiger partial charge in [0.2, 0.25) is 5.95 Å². The van der Waals surface area contributed by atoms with Crippen LogP contribution >= 0.6 is 0 Å². The summed E-state index contributed by atoms with van der Waals surface area (Å²) >= 11 is 0. The van der Waals surface area contributed by atoms with Gasteiger partial charge in [-0.3, -0.25) is 4.79 Å². The minimum absolute atomic E-state index is 0.110. The number of halogens is 1. The van der Waals surface area contributed by atoms with Gasteiger partial charge in [-0.15, -0.1) is 0 Å². The van der Waals surface area contributed by atoms with Crippen LogP contribution in [-0.4, -0.2) is 42.1 Å². The summed E-state index contributed by atoms with van der Waals surface area (Å²) in [5, 5.41) is 7.77. The van der Waals surface area contributed by atoms with Crippen LogP contribution in [0, 0.1) is 18.2 Å². The molecule has 1 atom stereocenters. The maximum atomic E-state index is 13.5. The Morgan fingerprint density at radius 1 is 1.12 bits per heavy atom. The van der Waals surface area contributed by atoms with Crippen molar-refractivity contribution in [1.29, 1.82) is 0 Å². The third-order valence-electron chi connectivity index (χ3n) is 7.24. The molecule has 0 aliphatic heterocycles. The number of aromatic nitrogens is 2. The van der Waals surface area contributed by atoms with Crippen molar-refractivity contribution in [2.45, 2.75) is 51.1 Å². The van der Waals surface area contributed by atoms with E-state index in [9.17, 15) is 9.18 Å². The summed E-state index contributed by atoms with van der Waals surface area (Å²) in [4.78, 5) is 24.1. The van der Waals surface area contributed by atoms with Crippen LogP contribution in [0.15, 0.2) is 42.5 Å². The lowest BCUT2D eigenvalue weighted by Crippen LogP contribution is -2.34. The minimum atomic E-state index is -0.284. The summed E-state index contributed by atoms with van der Waals surface area (Å²) in [5.74, 6) is 1.19. The van der Waals surface area contributed by atoms with Gasteiger partial charge in [0.05, 0.1) is 5.52 Å². The summed E-state index contributed by atoms with van der Waals surface area (Å²) < 4.78 is 13.5. The molecule has 2 N–H and O–H groups in total. The van der Waals surface area contributed by atoms with Gasteiger partial charge in [-0.05, 0) is 80.3 Å². The number of anilines is 2. The van der Waals surface area contributed by atoms with Crippen molar-refractivity contribution in [2.75, 3.05) is 24.3 Å². The first-order valence-electron chi connectivity index (χ1n) is 11.6. The van der Waals surface area contributed by atoms with Crippen LogP contribution in [0.25, 0.3) is 10.9 Å².